The van der Waals surface area contributed by atoms with Crippen LogP contribution in [0, 0.1) is 0 Å². The van der Waals surface area contributed by atoms with Gasteiger partial charge in [0.15, 0.2) is 0 Å². The minimum Gasteiger partial charge on any atom is -0.457 e. The van der Waals surface area contributed by atoms with Gasteiger partial charge in [-0.25, -0.2) is 4.79 Å². The maximum absolute atomic E-state index is 11.8. The van der Waals surface area contributed by atoms with Crippen LogP contribution in [-0.2, 0) is 11.3 Å². The molecule has 0 aliphatic rings. The van der Waals surface area contributed by atoms with Crippen molar-refractivity contribution >= 4 is 17.3 Å². The maximum atomic E-state index is 11.8. The third kappa shape index (κ3) is 3.01. The first-order valence-electron chi connectivity index (χ1n) is 5.52. The zero-order chi connectivity index (χ0) is 13.0. The van der Waals surface area contributed by atoms with E-state index in [1.54, 1.807) is 18.2 Å². The molecule has 4 N–H and O–H groups in total. The summed E-state index contributed by atoms with van der Waals surface area (Å²) >= 11 is 0. The Bertz CT molecular complexity index is 533. The van der Waals surface area contributed by atoms with Gasteiger partial charge in [-0.3, -0.25) is 0 Å². The van der Waals surface area contributed by atoms with Gasteiger partial charge in [-0.2, -0.15) is 0 Å². The second kappa shape index (κ2) is 5.23. The highest BCUT2D eigenvalue weighted by molar-refractivity contribution is 5.91. The van der Waals surface area contributed by atoms with Gasteiger partial charge in [0.25, 0.3) is 0 Å². The first kappa shape index (κ1) is 12.0. The van der Waals surface area contributed by atoms with Crippen LogP contribution in [0.2, 0.25) is 0 Å². The summed E-state index contributed by atoms with van der Waals surface area (Å²) in [4.78, 5) is 11.8. The molecule has 18 heavy (non-hydrogen) atoms. The van der Waals surface area contributed by atoms with Gasteiger partial charge < -0.3 is 16.2 Å². The first-order valence-corrected chi connectivity index (χ1v) is 5.52. The highest BCUT2D eigenvalue weighted by atomic mass is 16.5. The topological polar surface area (TPSA) is 78.3 Å². The molecular weight excluding hydrogens is 228 g/mol. The molecule has 92 valence electrons. The van der Waals surface area contributed by atoms with E-state index in [2.05, 4.69) is 0 Å². The number of carbonyl (C=O) groups excluding carboxylic acids is 1. The summed E-state index contributed by atoms with van der Waals surface area (Å²) in [5.74, 6) is -0.433. The average molecular weight is 242 g/mol. The molecule has 0 amide bonds. The van der Waals surface area contributed by atoms with Gasteiger partial charge >= 0.3 is 5.97 Å². The number of hydrogen-bond donors (Lipinski definition) is 2. The van der Waals surface area contributed by atoms with E-state index in [1.807, 2.05) is 30.3 Å². The zero-order valence-electron chi connectivity index (χ0n) is 9.80. The summed E-state index contributed by atoms with van der Waals surface area (Å²) in [6.07, 6.45) is 0. The highest BCUT2D eigenvalue weighted by Crippen LogP contribution is 2.15. The summed E-state index contributed by atoms with van der Waals surface area (Å²) in [6.45, 7) is 0.231. The second-order valence-corrected chi connectivity index (χ2v) is 3.95. The van der Waals surface area contributed by atoms with E-state index in [4.69, 9.17) is 16.2 Å². The summed E-state index contributed by atoms with van der Waals surface area (Å²) in [5.41, 5.74) is 13.4. The largest absolute Gasteiger partial charge is 0.457 e. The fourth-order valence-electron chi connectivity index (χ4n) is 1.60. The Morgan fingerprint density at radius 3 is 2.22 bits per heavy atom. The lowest BCUT2D eigenvalue weighted by Crippen LogP contribution is -2.06. The lowest BCUT2D eigenvalue weighted by atomic mass is 10.2. The summed E-state index contributed by atoms with van der Waals surface area (Å²) < 4.78 is 5.17. The molecule has 0 saturated carbocycles. The van der Waals surface area contributed by atoms with E-state index in [1.165, 1.54) is 0 Å². The Kier molecular flexibility index (Phi) is 3.48. The molecule has 0 aliphatic carbocycles. The lowest BCUT2D eigenvalue weighted by Gasteiger charge is -2.06. The Balaban J connectivity index is 2.04. The Morgan fingerprint density at radius 1 is 1.00 bits per heavy atom. The Hall–Kier alpha value is -2.49. The van der Waals surface area contributed by atoms with E-state index < -0.39 is 5.97 Å². The molecule has 2 aromatic rings. The second-order valence-electron chi connectivity index (χ2n) is 3.95. The number of ether oxygens (including phenoxy) is 1. The Morgan fingerprint density at radius 2 is 1.61 bits per heavy atom. The van der Waals surface area contributed by atoms with Crippen LogP contribution in [0.25, 0.3) is 0 Å². The van der Waals surface area contributed by atoms with Crippen molar-refractivity contribution < 1.29 is 9.53 Å². The number of benzene rings is 2. The van der Waals surface area contributed by atoms with Gasteiger partial charge in [0, 0.05) is 11.4 Å². The molecule has 0 fully saturated rings. The molecular formula is C14H14N2O2. The minimum atomic E-state index is -0.433. The number of carbonyl (C=O) groups is 1. The van der Waals surface area contributed by atoms with Gasteiger partial charge in [-0.15, -0.1) is 0 Å². The van der Waals surface area contributed by atoms with Crippen molar-refractivity contribution in [3.8, 4) is 0 Å². The van der Waals surface area contributed by atoms with Gasteiger partial charge in [-0.1, -0.05) is 30.3 Å². The molecule has 0 unspecified atom stereocenters. The molecule has 0 spiro atoms. The molecule has 0 saturated heterocycles. The van der Waals surface area contributed by atoms with Crippen LogP contribution in [0.3, 0.4) is 0 Å². The molecule has 0 bridgehead atoms. The number of anilines is 2. The van der Waals surface area contributed by atoms with Gasteiger partial charge in [0.1, 0.15) is 6.61 Å². The van der Waals surface area contributed by atoms with E-state index >= 15 is 0 Å². The van der Waals surface area contributed by atoms with Crippen molar-refractivity contribution in [2.75, 3.05) is 11.5 Å². The summed E-state index contributed by atoms with van der Waals surface area (Å²) in [6, 6.07) is 14.1. The summed E-state index contributed by atoms with van der Waals surface area (Å²) in [5, 5.41) is 0. The van der Waals surface area contributed by atoms with Crippen LogP contribution in [0.5, 0.6) is 0 Å². The zero-order valence-corrected chi connectivity index (χ0v) is 9.80. The van der Waals surface area contributed by atoms with Crippen LogP contribution in [-0.4, -0.2) is 5.97 Å². The van der Waals surface area contributed by atoms with Crippen molar-refractivity contribution in [1.82, 2.24) is 0 Å². The smallest absolute Gasteiger partial charge is 0.338 e. The van der Waals surface area contributed by atoms with E-state index in [-0.39, 0.29) is 6.61 Å². The minimum absolute atomic E-state index is 0.231. The lowest BCUT2D eigenvalue weighted by molar-refractivity contribution is 0.0473. The highest BCUT2D eigenvalue weighted by Gasteiger charge is 2.08. The molecule has 2 aromatic carbocycles. The van der Waals surface area contributed by atoms with E-state index in [9.17, 15) is 4.79 Å². The van der Waals surface area contributed by atoms with Crippen molar-refractivity contribution in [2.45, 2.75) is 6.61 Å². The SMILES string of the molecule is Nc1cc(N)cc(C(=O)OCc2ccccc2)c1. The van der Waals surface area contributed by atoms with Gasteiger partial charge in [0.05, 0.1) is 5.56 Å². The number of nitrogen functional groups attached to an aromatic ring is 2. The molecule has 0 atom stereocenters. The quantitative estimate of drug-likeness (QED) is 0.639. The molecule has 4 heteroatoms. The maximum Gasteiger partial charge on any atom is 0.338 e. The van der Waals surface area contributed by atoms with Crippen molar-refractivity contribution in [3.63, 3.8) is 0 Å². The van der Waals surface area contributed by atoms with Gasteiger partial charge in [0.2, 0.25) is 0 Å². The van der Waals surface area contributed by atoms with Crippen LogP contribution >= 0.6 is 0 Å². The summed E-state index contributed by atoms with van der Waals surface area (Å²) in [7, 11) is 0. The fraction of sp³-hybridized carbons (Fsp3) is 0.0714. The number of nitrogens with two attached hydrogens (primary N) is 2. The van der Waals surface area contributed by atoms with Crippen molar-refractivity contribution in [2.24, 2.45) is 0 Å². The van der Waals surface area contributed by atoms with E-state index in [0.29, 0.717) is 16.9 Å². The van der Waals surface area contributed by atoms with Gasteiger partial charge in [-0.05, 0) is 23.8 Å². The standard InChI is InChI=1S/C14H14N2O2/c15-12-6-11(7-13(16)8-12)14(17)18-9-10-4-2-1-3-5-10/h1-8H,9,15-16H2. The molecule has 0 radical (unpaired) electrons. The Labute approximate surface area is 105 Å². The number of rotatable bonds is 3. The first-order chi connectivity index (χ1) is 8.65. The van der Waals surface area contributed by atoms with Crippen LogP contribution in [0.15, 0.2) is 48.5 Å². The molecule has 0 aliphatic heterocycles. The fourth-order valence-corrected chi connectivity index (χ4v) is 1.60. The van der Waals surface area contributed by atoms with Crippen molar-refractivity contribution in [1.29, 1.82) is 0 Å². The third-order valence-electron chi connectivity index (χ3n) is 2.43. The van der Waals surface area contributed by atoms with Crippen LogP contribution in [0.1, 0.15) is 15.9 Å². The van der Waals surface area contributed by atoms with E-state index in [0.717, 1.165) is 5.56 Å². The number of esters is 1. The molecule has 0 aromatic heterocycles. The van der Waals surface area contributed by atoms with Crippen molar-refractivity contribution in [3.05, 3.63) is 59.7 Å². The normalized spacial score (nSPS) is 10.0. The van der Waals surface area contributed by atoms with Crippen LogP contribution < -0.4 is 11.5 Å². The third-order valence-corrected chi connectivity index (χ3v) is 2.43. The molecule has 4 nitrogen and oxygen atoms in total. The number of hydrogen-bond acceptors (Lipinski definition) is 4. The predicted octanol–water partition coefficient (Wildman–Crippen LogP) is 2.21. The average Bonchev–Trinajstić information content (AvgIpc) is 2.36. The predicted molar refractivity (Wildman–Crippen MR) is 70.8 cm³/mol. The molecule has 0 heterocycles. The monoisotopic (exact) mass is 242 g/mol. The van der Waals surface area contributed by atoms with Crippen LogP contribution in [0.4, 0.5) is 11.4 Å². The molecule has 2 rings (SSSR count).